The Morgan fingerprint density at radius 1 is 0.923 bits per heavy atom. The van der Waals surface area contributed by atoms with Gasteiger partial charge in [-0.1, -0.05) is 19.8 Å². The van der Waals surface area contributed by atoms with Crippen LogP contribution < -0.4 is 9.47 Å². The molecule has 2 saturated carbocycles. The zero-order valence-electron chi connectivity index (χ0n) is 15.7. The van der Waals surface area contributed by atoms with Crippen LogP contribution in [0.5, 0.6) is 11.5 Å². The Labute approximate surface area is 154 Å². The summed E-state index contributed by atoms with van der Waals surface area (Å²) in [5, 5.41) is 0. The summed E-state index contributed by atoms with van der Waals surface area (Å²) in [6.07, 6.45) is 7.68. The summed E-state index contributed by atoms with van der Waals surface area (Å²) >= 11 is 0. The van der Waals surface area contributed by atoms with Gasteiger partial charge in [-0.3, -0.25) is 0 Å². The van der Waals surface area contributed by atoms with Crippen LogP contribution in [0, 0.1) is 29.4 Å². The summed E-state index contributed by atoms with van der Waals surface area (Å²) in [5.41, 5.74) is -1.46. The zero-order valence-corrected chi connectivity index (χ0v) is 15.7. The first-order valence-electron chi connectivity index (χ1n) is 9.75. The molecule has 0 aromatic heterocycles. The van der Waals surface area contributed by atoms with E-state index in [9.17, 15) is 8.78 Å². The van der Waals surface area contributed by atoms with Crippen LogP contribution in [0.4, 0.5) is 13.2 Å². The van der Waals surface area contributed by atoms with E-state index in [2.05, 4.69) is 6.92 Å². The Balaban J connectivity index is 1.52. The van der Waals surface area contributed by atoms with Crippen LogP contribution >= 0.6 is 0 Å². The van der Waals surface area contributed by atoms with Crippen LogP contribution in [-0.2, 0) is 0 Å². The molecule has 2 nitrogen and oxygen atoms in total. The topological polar surface area (TPSA) is 18.5 Å². The quantitative estimate of drug-likeness (QED) is 0.626. The molecule has 0 atom stereocenters. The molecule has 1 aromatic carbocycles. The lowest BCUT2D eigenvalue weighted by molar-refractivity contribution is 0.0156. The fraction of sp³-hybridized carbons (Fsp3) is 0.714. The highest BCUT2D eigenvalue weighted by molar-refractivity contribution is 5.35. The summed E-state index contributed by atoms with van der Waals surface area (Å²) in [6.45, 7) is 2.08. The minimum Gasteiger partial charge on any atom is -0.494 e. The van der Waals surface area contributed by atoms with Gasteiger partial charge in [-0.25, -0.2) is 4.39 Å². The molecule has 0 amide bonds. The van der Waals surface area contributed by atoms with Gasteiger partial charge in [0.2, 0.25) is 11.6 Å². The first kappa shape index (κ1) is 19.4. The van der Waals surface area contributed by atoms with Crippen LogP contribution in [0.2, 0.25) is 0 Å². The van der Waals surface area contributed by atoms with E-state index in [1.807, 2.05) is 0 Å². The third-order valence-electron chi connectivity index (χ3n) is 6.37. The molecule has 0 saturated heterocycles. The maximum atomic E-state index is 15.1. The molecule has 0 N–H and O–H groups in total. The van der Waals surface area contributed by atoms with Crippen molar-refractivity contribution in [2.24, 2.45) is 17.8 Å². The fourth-order valence-electron chi connectivity index (χ4n) is 4.52. The highest BCUT2D eigenvalue weighted by Gasteiger charge is 2.39. The van der Waals surface area contributed by atoms with E-state index < -0.39 is 17.3 Å². The van der Waals surface area contributed by atoms with Crippen molar-refractivity contribution < 1.29 is 22.6 Å². The molecule has 2 aliphatic rings. The maximum Gasteiger partial charge on any atom is 0.204 e. The lowest BCUT2D eigenvalue weighted by atomic mass is 9.69. The standard InChI is InChI=1S/C21H29F3O2/c1-14-3-5-15(6-4-14)16-9-11-21(24,12-10-16)13-26-18-8-7-17(25-2)19(22)20(18)23/h7-8,14-16H,3-6,9-13H2,1-2H3. The normalized spacial score (nSPS) is 32.3. The second kappa shape index (κ2) is 8.10. The Morgan fingerprint density at radius 2 is 1.46 bits per heavy atom. The molecule has 0 bridgehead atoms. The molecule has 3 rings (SSSR count). The molecule has 0 heterocycles. The molecule has 0 spiro atoms. The number of benzene rings is 1. The lowest BCUT2D eigenvalue weighted by Gasteiger charge is -2.39. The van der Waals surface area contributed by atoms with E-state index >= 15 is 4.39 Å². The van der Waals surface area contributed by atoms with Gasteiger partial charge in [0.1, 0.15) is 12.3 Å². The summed E-state index contributed by atoms with van der Waals surface area (Å²) in [5.74, 6) is -0.531. The largest absolute Gasteiger partial charge is 0.494 e. The van der Waals surface area contributed by atoms with Crippen molar-refractivity contribution in [3.8, 4) is 11.5 Å². The Morgan fingerprint density at radius 3 is 2.08 bits per heavy atom. The van der Waals surface area contributed by atoms with Crippen molar-refractivity contribution >= 4 is 0 Å². The van der Waals surface area contributed by atoms with Gasteiger partial charge in [0, 0.05) is 0 Å². The fourth-order valence-corrected chi connectivity index (χ4v) is 4.52. The van der Waals surface area contributed by atoms with Crippen LogP contribution in [-0.4, -0.2) is 19.4 Å². The molecule has 0 aliphatic heterocycles. The molecule has 0 radical (unpaired) electrons. The van der Waals surface area contributed by atoms with Gasteiger partial charge >= 0.3 is 0 Å². The number of methoxy groups -OCH3 is 1. The molecule has 2 aliphatic carbocycles. The number of ether oxygens (including phenoxy) is 2. The lowest BCUT2D eigenvalue weighted by Crippen LogP contribution is -2.38. The van der Waals surface area contributed by atoms with Crippen LogP contribution in [0.25, 0.3) is 0 Å². The smallest absolute Gasteiger partial charge is 0.204 e. The second-order valence-electron chi connectivity index (χ2n) is 8.19. The molecular formula is C21H29F3O2. The van der Waals surface area contributed by atoms with E-state index in [0.717, 1.165) is 24.7 Å². The SMILES string of the molecule is COc1ccc(OCC2(F)CCC(C3CCC(C)CC3)CC2)c(F)c1F. The van der Waals surface area contributed by atoms with E-state index in [-0.39, 0.29) is 18.1 Å². The first-order valence-corrected chi connectivity index (χ1v) is 9.75. The average molecular weight is 370 g/mol. The van der Waals surface area contributed by atoms with Gasteiger partial charge in [0.05, 0.1) is 7.11 Å². The van der Waals surface area contributed by atoms with Crippen LogP contribution in [0.1, 0.15) is 58.3 Å². The molecule has 26 heavy (non-hydrogen) atoms. The summed E-state index contributed by atoms with van der Waals surface area (Å²) in [6, 6.07) is 2.58. The van der Waals surface area contributed by atoms with Crippen LogP contribution in [0.3, 0.4) is 0 Å². The monoisotopic (exact) mass is 370 g/mol. The molecule has 0 unspecified atom stereocenters. The predicted octanol–water partition coefficient (Wildman–Crippen LogP) is 6.08. The van der Waals surface area contributed by atoms with Crippen molar-refractivity contribution in [1.82, 2.24) is 0 Å². The third kappa shape index (κ3) is 4.29. The minimum absolute atomic E-state index is 0.188. The zero-order chi connectivity index (χ0) is 18.7. The summed E-state index contributed by atoms with van der Waals surface area (Å²) in [7, 11) is 1.26. The Hall–Kier alpha value is -1.39. The van der Waals surface area contributed by atoms with Crippen molar-refractivity contribution in [1.29, 1.82) is 0 Å². The van der Waals surface area contributed by atoms with Crippen LogP contribution in [0.15, 0.2) is 12.1 Å². The number of hydrogen-bond donors (Lipinski definition) is 0. The molecular weight excluding hydrogens is 341 g/mol. The van der Waals surface area contributed by atoms with Gasteiger partial charge in [-0.15, -0.1) is 0 Å². The van der Waals surface area contributed by atoms with Crippen molar-refractivity contribution in [3.63, 3.8) is 0 Å². The number of hydrogen-bond acceptors (Lipinski definition) is 2. The molecule has 146 valence electrons. The van der Waals surface area contributed by atoms with E-state index in [1.54, 1.807) is 0 Å². The predicted molar refractivity (Wildman–Crippen MR) is 95.3 cm³/mol. The average Bonchev–Trinajstić information content (AvgIpc) is 2.64. The van der Waals surface area contributed by atoms with Crippen molar-refractivity contribution in [2.45, 2.75) is 64.0 Å². The molecule has 5 heteroatoms. The Kier molecular flexibility index (Phi) is 6.03. The van der Waals surface area contributed by atoms with Gasteiger partial charge < -0.3 is 9.47 Å². The van der Waals surface area contributed by atoms with Gasteiger partial charge in [-0.05, 0) is 68.4 Å². The molecule has 2 fully saturated rings. The third-order valence-corrected chi connectivity index (χ3v) is 6.37. The Bertz CT molecular complexity index is 604. The minimum atomic E-state index is -1.46. The van der Waals surface area contributed by atoms with E-state index in [4.69, 9.17) is 9.47 Å². The summed E-state index contributed by atoms with van der Waals surface area (Å²) in [4.78, 5) is 0. The van der Waals surface area contributed by atoms with Crippen molar-refractivity contribution in [3.05, 3.63) is 23.8 Å². The molecule has 1 aromatic rings. The van der Waals surface area contributed by atoms with Crippen molar-refractivity contribution in [2.75, 3.05) is 13.7 Å². The van der Waals surface area contributed by atoms with E-state index in [1.165, 1.54) is 44.9 Å². The second-order valence-corrected chi connectivity index (χ2v) is 8.19. The number of alkyl halides is 1. The first-order chi connectivity index (χ1) is 12.4. The maximum absolute atomic E-state index is 15.1. The highest BCUT2D eigenvalue weighted by Crippen LogP contribution is 2.44. The van der Waals surface area contributed by atoms with Gasteiger partial charge in [0.15, 0.2) is 11.5 Å². The number of rotatable bonds is 5. The van der Waals surface area contributed by atoms with E-state index in [0.29, 0.717) is 18.8 Å². The van der Waals surface area contributed by atoms with Gasteiger partial charge in [0.25, 0.3) is 0 Å². The highest BCUT2D eigenvalue weighted by atomic mass is 19.2. The summed E-state index contributed by atoms with van der Waals surface area (Å²) < 4.78 is 52.8. The number of halogens is 3. The van der Waals surface area contributed by atoms with Gasteiger partial charge in [-0.2, -0.15) is 8.78 Å².